The van der Waals surface area contributed by atoms with Crippen molar-refractivity contribution in [1.82, 2.24) is 10.3 Å². The van der Waals surface area contributed by atoms with Crippen LogP contribution in [-0.4, -0.2) is 28.0 Å². The lowest BCUT2D eigenvalue weighted by Gasteiger charge is -2.10. The number of carbonyl (C=O) groups excluding carboxylic acids is 1. The van der Waals surface area contributed by atoms with Gasteiger partial charge in [-0.05, 0) is 32.4 Å². The van der Waals surface area contributed by atoms with Crippen molar-refractivity contribution in [2.75, 3.05) is 0 Å². The van der Waals surface area contributed by atoms with Crippen LogP contribution >= 0.6 is 0 Å². The lowest BCUT2D eigenvalue weighted by Crippen LogP contribution is -2.32. The molecule has 1 unspecified atom stereocenters. The highest BCUT2D eigenvalue weighted by Gasteiger charge is 2.15. The molecule has 2 heterocycles. The third-order valence-corrected chi connectivity index (χ3v) is 2.91. The molecule has 0 aliphatic heterocycles. The molecule has 0 aliphatic rings. The molecule has 0 saturated carbocycles. The van der Waals surface area contributed by atoms with Crippen molar-refractivity contribution in [3.8, 4) is 0 Å². The smallest absolute Gasteiger partial charge is 0.303 e. The van der Waals surface area contributed by atoms with Crippen molar-refractivity contribution in [2.45, 2.75) is 32.7 Å². The van der Waals surface area contributed by atoms with Gasteiger partial charge < -0.3 is 14.8 Å². The summed E-state index contributed by atoms with van der Waals surface area (Å²) in [5.41, 5.74) is 2.03. The Hall–Kier alpha value is -2.37. The number of furan rings is 1. The molecular weight excluding hydrogens is 260 g/mol. The summed E-state index contributed by atoms with van der Waals surface area (Å²) in [6, 6.07) is 4.92. The number of pyridine rings is 1. The molecule has 2 aromatic heterocycles. The van der Waals surface area contributed by atoms with Crippen LogP contribution in [0.25, 0.3) is 11.1 Å². The van der Waals surface area contributed by atoms with E-state index in [2.05, 4.69) is 10.3 Å². The Kier molecular flexibility index (Phi) is 4.02. The van der Waals surface area contributed by atoms with E-state index in [9.17, 15) is 9.59 Å². The maximum absolute atomic E-state index is 12.0. The summed E-state index contributed by atoms with van der Waals surface area (Å²) >= 11 is 0. The number of fused-ring (bicyclic) bond motifs is 1. The summed E-state index contributed by atoms with van der Waals surface area (Å²) in [4.78, 5) is 26.7. The number of aromatic nitrogens is 1. The first-order valence-electron chi connectivity index (χ1n) is 6.35. The number of aryl methyl sites for hydroxylation is 1. The molecule has 0 aliphatic carbocycles. The van der Waals surface area contributed by atoms with Crippen LogP contribution in [0, 0.1) is 6.92 Å². The van der Waals surface area contributed by atoms with E-state index in [-0.39, 0.29) is 24.1 Å². The molecule has 0 saturated heterocycles. The average molecular weight is 276 g/mol. The van der Waals surface area contributed by atoms with Gasteiger partial charge in [0.1, 0.15) is 5.52 Å². The highest BCUT2D eigenvalue weighted by Crippen LogP contribution is 2.17. The summed E-state index contributed by atoms with van der Waals surface area (Å²) in [7, 11) is 0. The first kappa shape index (κ1) is 14.0. The van der Waals surface area contributed by atoms with Crippen LogP contribution in [0.15, 0.2) is 22.6 Å². The highest BCUT2D eigenvalue weighted by atomic mass is 16.4. The van der Waals surface area contributed by atoms with Crippen molar-refractivity contribution >= 4 is 23.0 Å². The Morgan fingerprint density at radius 3 is 2.90 bits per heavy atom. The van der Waals surface area contributed by atoms with Crippen LogP contribution in [0.2, 0.25) is 0 Å². The van der Waals surface area contributed by atoms with Gasteiger partial charge in [-0.15, -0.1) is 0 Å². The number of hydrogen-bond acceptors (Lipinski definition) is 4. The number of carbonyl (C=O) groups is 2. The monoisotopic (exact) mass is 276 g/mol. The van der Waals surface area contributed by atoms with Gasteiger partial charge in [-0.2, -0.15) is 0 Å². The van der Waals surface area contributed by atoms with Crippen molar-refractivity contribution < 1.29 is 19.1 Å². The van der Waals surface area contributed by atoms with Gasteiger partial charge in [-0.25, -0.2) is 4.98 Å². The zero-order chi connectivity index (χ0) is 14.7. The van der Waals surface area contributed by atoms with Crippen LogP contribution in [0.3, 0.4) is 0 Å². The Balaban J connectivity index is 2.05. The lowest BCUT2D eigenvalue weighted by atomic mass is 10.2. The van der Waals surface area contributed by atoms with Crippen molar-refractivity contribution in [3.63, 3.8) is 0 Å². The summed E-state index contributed by atoms with van der Waals surface area (Å²) in [6.07, 6.45) is 0.390. The minimum Gasteiger partial charge on any atom is -0.481 e. The molecule has 0 spiro atoms. The van der Waals surface area contributed by atoms with Gasteiger partial charge in [0.2, 0.25) is 0 Å². The summed E-state index contributed by atoms with van der Waals surface area (Å²) < 4.78 is 5.42. The van der Waals surface area contributed by atoms with Crippen LogP contribution in [0.4, 0.5) is 0 Å². The second-order valence-corrected chi connectivity index (χ2v) is 4.75. The van der Waals surface area contributed by atoms with E-state index in [1.807, 2.05) is 13.0 Å². The van der Waals surface area contributed by atoms with E-state index in [1.54, 1.807) is 19.1 Å². The molecular formula is C14H16N2O4. The molecule has 1 amide bonds. The largest absolute Gasteiger partial charge is 0.481 e. The number of nitrogens with zero attached hydrogens (tertiary/aromatic N) is 1. The third kappa shape index (κ3) is 3.34. The molecule has 0 bridgehead atoms. The number of amides is 1. The van der Waals surface area contributed by atoms with Gasteiger partial charge in [0.05, 0.1) is 0 Å². The number of nitrogens with one attached hydrogen (secondary N) is 1. The van der Waals surface area contributed by atoms with E-state index < -0.39 is 5.97 Å². The normalized spacial score (nSPS) is 12.3. The van der Waals surface area contributed by atoms with Crippen LogP contribution in [0.5, 0.6) is 0 Å². The molecule has 2 aromatic rings. The molecule has 106 valence electrons. The predicted molar refractivity (Wildman–Crippen MR) is 72.5 cm³/mol. The molecule has 6 heteroatoms. The van der Waals surface area contributed by atoms with E-state index in [0.717, 1.165) is 5.69 Å². The Bertz CT molecular complexity index is 648. The number of carboxylic acids is 1. The minimum atomic E-state index is -0.880. The maximum atomic E-state index is 12.0. The van der Waals surface area contributed by atoms with Gasteiger partial charge in [0.15, 0.2) is 11.3 Å². The Morgan fingerprint density at radius 2 is 2.20 bits per heavy atom. The quantitative estimate of drug-likeness (QED) is 0.872. The van der Waals surface area contributed by atoms with Crippen molar-refractivity contribution in [1.29, 1.82) is 0 Å². The number of hydrogen-bond donors (Lipinski definition) is 2. The van der Waals surface area contributed by atoms with E-state index in [4.69, 9.17) is 9.52 Å². The summed E-state index contributed by atoms with van der Waals surface area (Å²) in [5.74, 6) is -1.06. The van der Waals surface area contributed by atoms with E-state index >= 15 is 0 Å². The number of aliphatic carboxylic acids is 1. The predicted octanol–water partition coefficient (Wildman–Crippen LogP) is 2.12. The topological polar surface area (TPSA) is 92.4 Å². The number of rotatable bonds is 5. The molecule has 0 fully saturated rings. The maximum Gasteiger partial charge on any atom is 0.303 e. The summed E-state index contributed by atoms with van der Waals surface area (Å²) in [5, 5.41) is 11.3. The summed E-state index contributed by atoms with van der Waals surface area (Å²) in [6.45, 7) is 3.62. The van der Waals surface area contributed by atoms with Gasteiger partial charge in [0.25, 0.3) is 5.91 Å². The third-order valence-electron chi connectivity index (χ3n) is 2.91. The molecule has 1 atom stereocenters. The van der Waals surface area contributed by atoms with E-state index in [0.29, 0.717) is 17.5 Å². The molecule has 6 nitrogen and oxygen atoms in total. The van der Waals surface area contributed by atoms with Gasteiger partial charge in [0, 0.05) is 24.2 Å². The van der Waals surface area contributed by atoms with Gasteiger partial charge >= 0.3 is 5.97 Å². The second-order valence-electron chi connectivity index (χ2n) is 4.75. The average Bonchev–Trinajstić information content (AvgIpc) is 2.79. The highest BCUT2D eigenvalue weighted by molar-refractivity contribution is 5.95. The molecule has 0 aromatic carbocycles. The van der Waals surface area contributed by atoms with Crippen LogP contribution < -0.4 is 5.32 Å². The lowest BCUT2D eigenvalue weighted by molar-refractivity contribution is -0.137. The second kappa shape index (κ2) is 5.73. The van der Waals surface area contributed by atoms with Crippen LogP contribution in [0.1, 0.15) is 36.0 Å². The fourth-order valence-corrected chi connectivity index (χ4v) is 1.84. The zero-order valence-corrected chi connectivity index (χ0v) is 11.3. The fraction of sp³-hybridized carbons (Fsp3) is 0.357. The Labute approximate surface area is 115 Å². The van der Waals surface area contributed by atoms with Crippen molar-refractivity contribution in [3.05, 3.63) is 29.7 Å². The van der Waals surface area contributed by atoms with Gasteiger partial charge in [-0.3, -0.25) is 9.59 Å². The van der Waals surface area contributed by atoms with Gasteiger partial charge in [-0.1, -0.05) is 0 Å². The minimum absolute atomic E-state index is 0.0162. The van der Waals surface area contributed by atoms with Crippen LogP contribution in [-0.2, 0) is 4.79 Å². The fourth-order valence-electron chi connectivity index (χ4n) is 1.84. The number of carboxylic acid groups (broad SMARTS) is 1. The molecule has 0 radical (unpaired) electrons. The molecule has 2 rings (SSSR count). The first-order chi connectivity index (χ1) is 9.45. The Morgan fingerprint density at radius 1 is 1.45 bits per heavy atom. The standard InChI is InChI=1S/C14H16N2O4/c1-8-3-5-11-10(15-8)7-12(20-11)14(19)16-9(2)4-6-13(17)18/h3,5,7,9H,4,6H2,1-2H3,(H,16,19)(H,17,18). The van der Waals surface area contributed by atoms with E-state index in [1.165, 1.54) is 0 Å². The first-order valence-corrected chi connectivity index (χ1v) is 6.35. The molecule has 20 heavy (non-hydrogen) atoms. The SMILES string of the molecule is Cc1ccc2oc(C(=O)NC(C)CCC(=O)O)cc2n1. The molecule has 2 N–H and O–H groups in total. The zero-order valence-electron chi connectivity index (χ0n) is 11.3. The van der Waals surface area contributed by atoms with Crippen molar-refractivity contribution in [2.24, 2.45) is 0 Å².